The summed E-state index contributed by atoms with van der Waals surface area (Å²) in [5, 5.41) is 15.0. The van der Waals surface area contributed by atoms with E-state index in [1.165, 1.54) is 0 Å². The van der Waals surface area contributed by atoms with Crippen LogP contribution in [0.25, 0.3) is 0 Å². The van der Waals surface area contributed by atoms with Gasteiger partial charge in [-0.25, -0.2) is 4.98 Å². The third kappa shape index (κ3) is 4.38. The molecule has 0 radical (unpaired) electrons. The van der Waals surface area contributed by atoms with E-state index >= 15 is 0 Å². The lowest BCUT2D eigenvalue weighted by Gasteiger charge is -2.27. The molecular weight excluding hydrogens is 252 g/mol. The van der Waals surface area contributed by atoms with E-state index in [2.05, 4.69) is 44.6 Å². The number of nitrogens with zero attached hydrogens (tertiary/aromatic N) is 4. The van der Waals surface area contributed by atoms with Gasteiger partial charge in [-0.2, -0.15) is 5.10 Å². The van der Waals surface area contributed by atoms with Gasteiger partial charge in [-0.3, -0.25) is 0 Å². The predicted octanol–water partition coefficient (Wildman–Crippen LogP) is 0.704. The van der Waals surface area contributed by atoms with Crippen molar-refractivity contribution in [1.29, 1.82) is 0 Å². The lowest BCUT2D eigenvalue weighted by molar-refractivity contribution is 0.240. The molecule has 1 aromatic heterocycles. The van der Waals surface area contributed by atoms with Crippen LogP contribution in [0, 0.1) is 0 Å². The van der Waals surface area contributed by atoms with Gasteiger partial charge in [-0.15, -0.1) is 5.10 Å². The minimum absolute atomic E-state index is 0.666. The molecule has 0 saturated carbocycles. The Morgan fingerprint density at radius 2 is 1.85 bits per heavy atom. The van der Waals surface area contributed by atoms with Crippen molar-refractivity contribution in [2.24, 2.45) is 0 Å². The minimum atomic E-state index is 0.666. The Kier molecular flexibility index (Phi) is 6.14. The number of nitrogens with one attached hydrogen (secondary N) is 2. The molecular formula is C14H26N6. The van der Waals surface area contributed by atoms with Crippen LogP contribution in [0.15, 0.2) is 0 Å². The molecule has 0 aromatic carbocycles. The van der Waals surface area contributed by atoms with Crippen LogP contribution in [0.5, 0.6) is 0 Å². The molecule has 1 aliphatic heterocycles. The molecule has 0 aliphatic carbocycles. The normalized spacial score (nSPS) is 16.3. The highest BCUT2D eigenvalue weighted by molar-refractivity contribution is 5.25. The first-order valence-electron chi connectivity index (χ1n) is 7.73. The van der Waals surface area contributed by atoms with Crippen molar-refractivity contribution in [2.45, 2.75) is 33.1 Å². The minimum Gasteiger partial charge on any atom is -0.353 e. The molecule has 1 aromatic rings. The van der Waals surface area contributed by atoms with Crippen LogP contribution < -0.4 is 10.6 Å². The number of hydrogen-bond acceptors (Lipinski definition) is 6. The fourth-order valence-corrected chi connectivity index (χ4v) is 2.45. The fourth-order valence-electron chi connectivity index (χ4n) is 2.45. The molecule has 6 nitrogen and oxygen atoms in total. The maximum atomic E-state index is 4.54. The van der Waals surface area contributed by atoms with Gasteiger partial charge in [0.1, 0.15) is 0 Å². The molecule has 2 N–H and O–H groups in total. The second kappa shape index (κ2) is 8.11. The topological polar surface area (TPSA) is 66.0 Å². The molecule has 0 bridgehead atoms. The highest BCUT2D eigenvalue weighted by Gasteiger charge is 2.09. The molecule has 2 rings (SSSR count). The van der Waals surface area contributed by atoms with Crippen molar-refractivity contribution in [3.63, 3.8) is 0 Å². The number of piperazine rings is 1. The van der Waals surface area contributed by atoms with E-state index in [9.17, 15) is 0 Å². The molecule has 0 unspecified atom stereocenters. The first-order chi connectivity index (χ1) is 9.83. The standard InChI is InChI=1S/C14H26N6/c1-3-12-13(4-2)18-19-14(17-12)16-6-5-9-20-10-7-15-8-11-20/h15H,3-11H2,1-2H3,(H,16,17,19). The smallest absolute Gasteiger partial charge is 0.242 e. The van der Waals surface area contributed by atoms with Gasteiger partial charge in [0.15, 0.2) is 0 Å². The van der Waals surface area contributed by atoms with E-state index in [1.54, 1.807) is 0 Å². The summed E-state index contributed by atoms with van der Waals surface area (Å²) in [5.41, 5.74) is 2.07. The van der Waals surface area contributed by atoms with Gasteiger partial charge in [0, 0.05) is 32.7 Å². The van der Waals surface area contributed by atoms with Crippen molar-refractivity contribution in [3.05, 3.63) is 11.4 Å². The number of aromatic nitrogens is 3. The summed E-state index contributed by atoms with van der Waals surface area (Å²) in [6.45, 7) is 10.8. The highest BCUT2D eigenvalue weighted by atomic mass is 15.2. The molecule has 1 saturated heterocycles. The zero-order valence-electron chi connectivity index (χ0n) is 12.7. The van der Waals surface area contributed by atoms with Crippen molar-refractivity contribution >= 4 is 5.95 Å². The summed E-state index contributed by atoms with van der Waals surface area (Å²) in [6, 6.07) is 0. The molecule has 6 heteroatoms. The van der Waals surface area contributed by atoms with Crippen molar-refractivity contribution < 1.29 is 0 Å². The molecule has 0 spiro atoms. The van der Waals surface area contributed by atoms with Crippen LogP contribution in [0.1, 0.15) is 31.7 Å². The molecule has 1 fully saturated rings. The number of aryl methyl sites for hydroxylation is 2. The zero-order chi connectivity index (χ0) is 14.2. The molecule has 112 valence electrons. The molecule has 2 heterocycles. The first-order valence-corrected chi connectivity index (χ1v) is 7.73. The lowest BCUT2D eigenvalue weighted by Crippen LogP contribution is -2.44. The van der Waals surface area contributed by atoms with Crippen LogP contribution in [0.2, 0.25) is 0 Å². The third-order valence-electron chi connectivity index (χ3n) is 3.65. The summed E-state index contributed by atoms with van der Waals surface area (Å²) in [4.78, 5) is 7.03. The Hall–Kier alpha value is -1.27. The van der Waals surface area contributed by atoms with Crippen LogP contribution in [0.3, 0.4) is 0 Å². The van der Waals surface area contributed by atoms with Crippen LogP contribution in [-0.4, -0.2) is 59.3 Å². The first kappa shape index (κ1) is 15.1. The van der Waals surface area contributed by atoms with Crippen LogP contribution in [-0.2, 0) is 12.8 Å². The highest BCUT2D eigenvalue weighted by Crippen LogP contribution is 2.06. The van der Waals surface area contributed by atoms with Crippen molar-refractivity contribution in [2.75, 3.05) is 44.6 Å². The molecule has 0 amide bonds. The maximum Gasteiger partial charge on any atom is 0.242 e. The molecule has 1 aliphatic rings. The van der Waals surface area contributed by atoms with E-state index in [0.29, 0.717) is 5.95 Å². The number of hydrogen-bond donors (Lipinski definition) is 2. The molecule has 0 atom stereocenters. The maximum absolute atomic E-state index is 4.54. The van der Waals surface area contributed by atoms with Gasteiger partial charge in [0.25, 0.3) is 0 Å². The Bertz CT molecular complexity index is 403. The SMILES string of the molecule is CCc1nnc(NCCCN2CCNCC2)nc1CC. The van der Waals surface area contributed by atoms with Gasteiger partial charge in [0.2, 0.25) is 5.95 Å². The van der Waals surface area contributed by atoms with E-state index in [4.69, 9.17) is 0 Å². The summed E-state index contributed by atoms with van der Waals surface area (Å²) >= 11 is 0. The van der Waals surface area contributed by atoms with Crippen LogP contribution >= 0.6 is 0 Å². The van der Waals surface area contributed by atoms with Crippen molar-refractivity contribution in [1.82, 2.24) is 25.4 Å². The summed E-state index contributed by atoms with van der Waals surface area (Å²) in [6.07, 6.45) is 2.92. The van der Waals surface area contributed by atoms with Gasteiger partial charge >= 0.3 is 0 Å². The molecule has 20 heavy (non-hydrogen) atoms. The van der Waals surface area contributed by atoms with E-state index in [1.807, 2.05) is 0 Å². The Morgan fingerprint density at radius 3 is 2.55 bits per heavy atom. The number of anilines is 1. The van der Waals surface area contributed by atoms with Crippen LogP contribution in [0.4, 0.5) is 5.95 Å². The largest absolute Gasteiger partial charge is 0.353 e. The average Bonchev–Trinajstić information content (AvgIpc) is 2.52. The van der Waals surface area contributed by atoms with Gasteiger partial charge in [-0.1, -0.05) is 13.8 Å². The number of rotatable bonds is 7. The average molecular weight is 278 g/mol. The van der Waals surface area contributed by atoms with Gasteiger partial charge in [0.05, 0.1) is 11.4 Å². The second-order valence-electron chi connectivity index (χ2n) is 5.11. The Morgan fingerprint density at radius 1 is 1.10 bits per heavy atom. The second-order valence-corrected chi connectivity index (χ2v) is 5.11. The fraction of sp³-hybridized carbons (Fsp3) is 0.786. The quantitative estimate of drug-likeness (QED) is 0.716. The van der Waals surface area contributed by atoms with Gasteiger partial charge < -0.3 is 15.5 Å². The summed E-state index contributed by atoms with van der Waals surface area (Å²) in [5.74, 6) is 0.666. The third-order valence-corrected chi connectivity index (χ3v) is 3.65. The van der Waals surface area contributed by atoms with E-state index in [0.717, 1.165) is 69.9 Å². The zero-order valence-corrected chi connectivity index (χ0v) is 12.7. The monoisotopic (exact) mass is 278 g/mol. The summed E-state index contributed by atoms with van der Waals surface area (Å²) in [7, 11) is 0. The predicted molar refractivity (Wildman–Crippen MR) is 81.0 cm³/mol. The van der Waals surface area contributed by atoms with Crippen molar-refractivity contribution in [3.8, 4) is 0 Å². The van der Waals surface area contributed by atoms with E-state index in [-0.39, 0.29) is 0 Å². The van der Waals surface area contributed by atoms with Gasteiger partial charge in [-0.05, 0) is 25.8 Å². The summed E-state index contributed by atoms with van der Waals surface area (Å²) < 4.78 is 0. The lowest BCUT2D eigenvalue weighted by atomic mass is 10.2. The Labute approximate surface area is 121 Å². The van der Waals surface area contributed by atoms with E-state index < -0.39 is 0 Å². The Balaban J connectivity index is 1.73.